The number of ether oxygens (including phenoxy) is 2. The number of Topliss-reactive ketones (excluding diaryl/α,β-unsaturated/α-hetero) is 1. The normalized spacial score (nSPS) is 14.5. The van der Waals surface area contributed by atoms with E-state index in [0.717, 1.165) is 0 Å². The number of rotatable bonds is 8. The van der Waals surface area contributed by atoms with Crippen molar-refractivity contribution in [3.8, 4) is 11.3 Å². The molecule has 180 valence electrons. The summed E-state index contributed by atoms with van der Waals surface area (Å²) in [5.74, 6) is -2.85. The first kappa shape index (κ1) is 23.9. The molecule has 1 heterocycles. The molecule has 0 saturated heterocycles. The molecule has 0 amide bonds. The topological polar surface area (TPSA) is 125 Å². The van der Waals surface area contributed by atoms with Crippen LogP contribution in [-0.2, 0) is 27.1 Å². The van der Waals surface area contributed by atoms with Gasteiger partial charge in [-0.1, -0.05) is 36.4 Å². The van der Waals surface area contributed by atoms with Crippen molar-refractivity contribution in [3.63, 3.8) is 0 Å². The van der Waals surface area contributed by atoms with E-state index in [1.165, 1.54) is 10.8 Å². The molecule has 0 saturated carbocycles. The van der Waals surface area contributed by atoms with Gasteiger partial charge in [-0.3, -0.25) is 9.59 Å². The first-order chi connectivity index (χ1) is 16.8. The van der Waals surface area contributed by atoms with Gasteiger partial charge in [0.05, 0.1) is 30.9 Å². The Balaban J connectivity index is 1.74. The number of aromatic carboxylic acids is 1. The zero-order valence-corrected chi connectivity index (χ0v) is 19.3. The lowest BCUT2D eigenvalue weighted by Crippen LogP contribution is -2.20. The number of imidazole rings is 1. The molecule has 9 heteroatoms. The molecule has 1 unspecified atom stereocenters. The maximum absolute atomic E-state index is 13.3. The summed E-state index contributed by atoms with van der Waals surface area (Å²) < 4.78 is 11.5. The summed E-state index contributed by atoms with van der Waals surface area (Å²) in [5, 5.41) is 9.84. The molecule has 0 fully saturated rings. The fourth-order valence-corrected chi connectivity index (χ4v) is 4.34. The number of esters is 2. The van der Waals surface area contributed by atoms with Crippen LogP contribution in [0.25, 0.3) is 11.3 Å². The lowest BCUT2D eigenvalue weighted by Gasteiger charge is -2.12. The molecule has 4 rings (SSSR count). The van der Waals surface area contributed by atoms with Crippen molar-refractivity contribution in [1.29, 1.82) is 0 Å². The van der Waals surface area contributed by atoms with Crippen LogP contribution in [0.5, 0.6) is 0 Å². The van der Waals surface area contributed by atoms with Crippen molar-refractivity contribution in [2.75, 3.05) is 13.2 Å². The molecule has 1 atom stereocenters. The van der Waals surface area contributed by atoms with Gasteiger partial charge in [0, 0.05) is 23.7 Å². The molecule has 9 nitrogen and oxygen atoms in total. The summed E-state index contributed by atoms with van der Waals surface area (Å²) in [6, 6.07) is 10.9. The Labute approximate surface area is 201 Å². The van der Waals surface area contributed by atoms with Crippen LogP contribution in [0.2, 0.25) is 0 Å². The number of nitrogens with zero attached hydrogens (tertiary/aromatic N) is 2. The summed E-state index contributed by atoms with van der Waals surface area (Å²) in [7, 11) is 0. The van der Waals surface area contributed by atoms with Crippen LogP contribution in [0, 0.1) is 0 Å². The number of hydrogen-bond acceptors (Lipinski definition) is 7. The number of ketones is 1. The molecule has 1 aromatic heterocycles. The van der Waals surface area contributed by atoms with E-state index in [0.29, 0.717) is 22.3 Å². The van der Waals surface area contributed by atoms with E-state index >= 15 is 0 Å². The van der Waals surface area contributed by atoms with E-state index in [1.807, 2.05) is 0 Å². The van der Waals surface area contributed by atoms with Gasteiger partial charge < -0.3 is 19.1 Å². The third-order valence-electron chi connectivity index (χ3n) is 5.84. The molecule has 0 radical (unpaired) electrons. The van der Waals surface area contributed by atoms with Crippen LogP contribution in [0.15, 0.2) is 48.7 Å². The third kappa shape index (κ3) is 4.57. The first-order valence-electron chi connectivity index (χ1n) is 11.2. The van der Waals surface area contributed by atoms with Gasteiger partial charge in [-0.15, -0.1) is 0 Å². The molecule has 3 aromatic rings. The standard InChI is InChI=1S/C26H24N2O7/c1-3-34-22(29)12-15-8-7-11-17-19(15)13-21(23(17)30)28-14-20(27-24(28)25(31)32)16-9-5-6-10-18(16)26(33)35-4-2/h5-11,14,21H,3-4,12-13H2,1-2H3,(H,31,32). The largest absolute Gasteiger partial charge is 0.475 e. The second-order valence-electron chi connectivity index (χ2n) is 7.94. The van der Waals surface area contributed by atoms with Crippen LogP contribution < -0.4 is 0 Å². The number of carbonyl (C=O) groups is 4. The zero-order chi connectivity index (χ0) is 25.1. The van der Waals surface area contributed by atoms with E-state index < -0.39 is 23.9 Å². The number of carbonyl (C=O) groups excluding carboxylic acids is 3. The van der Waals surface area contributed by atoms with Crippen molar-refractivity contribution in [1.82, 2.24) is 9.55 Å². The van der Waals surface area contributed by atoms with E-state index in [1.54, 1.807) is 56.3 Å². The zero-order valence-electron chi connectivity index (χ0n) is 19.3. The third-order valence-corrected chi connectivity index (χ3v) is 5.84. The van der Waals surface area contributed by atoms with Crippen LogP contribution in [-0.4, -0.2) is 51.6 Å². The summed E-state index contributed by atoms with van der Waals surface area (Å²) in [4.78, 5) is 54.1. The van der Waals surface area contributed by atoms with Gasteiger partial charge in [0.15, 0.2) is 5.78 Å². The first-order valence-corrected chi connectivity index (χ1v) is 11.2. The minimum absolute atomic E-state index is 0.0187. The molecule has 0 spiro atoms. The number of hydrogen-bond donors (Lipinski definition) is 1. The summed E-state index contributed by atoms with van der Waals surface area (Å²) in [6.45, 7) is 3.85. The lowest BCUT2D eigenvalue weighted by atomic mass is 10.0. The smallest absolute Gasteiger partial charge is 0.372 e. The van der Waals surface area contributed by atoms with Crippen molar-refractivity contribution in [2.24, 2.45) is 0 Å². The average molecular weight is 476 g/mol. The molecule has 2 aromatic carbocycles. The number of fused-ring (bicyclic) bond motifs is 1. The summed E-state index contributed by atoms with van der Waals surface area (Å²) in [6.07, 6.45) is 1.70. The highest BCUT2D eigenvalue weighted by molar-refractivity contribution is 6.04. The summed E-state index contributed by atoms with van der Waals surface area (Å²) >= 11 is 0. The average Bonchev–Trinajstić information content (AvgIpc) is 3.42. The highest BCUT2D eigenvalue weighted by Gasteiger charge is 2.36. The van der Waals surface area contributed by atoms with Crippen LogP contribution in [0.1, 0.15) is 62.4 Å². The van der Waals surface area contributed by atoms with Gasteiger partial charge in [-0.25, -0.2) is 14.6 Å². The molecular weight excluding hydrogens is 452 g/mol. The highest BCUT2D eigenvalue weighted by atomic mass is 16.5. The highest BCUT2D eigenvalue weighted by Crippen LogP contribution is 2.35. The van der Waals surface area contributed by atoms with Gasteiger partial charge in [0.1, 0.15) is 6.04 Å². The molecule has 0 bridgehead atoms. The Morgan fingerprint density at radius 1 is 1.03 bits per heavy atom. The van der Waals surface area contributed by atoms with Crippen LogP contribution >= 0.6 is 0 Å². The van der Waals surface area contributed by atoms with E-state index in [4.69, 9.17) is 9.47 Å². The minimum Gasteiger partial charge on any atom is -0.475 e. The van der Waals surface area contributed by atoms with Gasteiger partial charge in [-0.2, -0.15) is 0 Å². The summed E-state index contributed by atoms with van der Waals surface area (Å²) in [5.41, 5.74) is 2.68. The van der Waals surface area contributed by atoms with Crippen molar-refractivity contribution >= 4 is 23.7 Å². The van der Waals surface area contributed by atoms with Crippen molar-refractivity contribution < 1.29 is 33.8 Å². The van der Waals surface area contributed by atoms with E-state index in [-0.39, 0.29) is 48.9 Å². The number of carboxylic acids is 1. The Bertz CT molecular complexity index is 1320. The second-order valence-corrected chi connectivity index (χ2v) is 7.94. The Morgan fingerprint density at radius 2 is 1.74 bits per heavy atom. The molecule has 35 heavy (non-hydrogen) atoms. The predicted molar refractivity (Wildman–Crippen MR) is 124 cm³/mol. The number of benzene rings is 2. The predicted octanol–water partition coefficient (Wildman–Crippen LogP) is 3.51. The van der Waals surface area contributed by atoms with E-state index in [9.17, 15) is 24.3 Å². The maximum Gasteiger partial charge on any atom is 0.372 e. The molecule has 1 aliphatic rings. The van der Waals surface area contributed by atoms with Gasteiger partial charge >= 0.3 is 17.9 Å². The fourth-order valence-electron chi connectivity index (χ4n) is 4.34. The molecule has 1 N–H and O–H groups in total. The van der Waals surface area contributed by atoms with Gasteiger partial charge in [0.2, 0.25) is 5.82 Å². The lowest BCUT2D eigenvalue weighted by molar-refractivity contribution is -0.142. The number of aromatic nitrogens is 2. The molecule has 1 aliphatic carbocycles. The van der Waals surface area contributed by atoms with Gasteiger partial charge in [0.25, 0.3) is 0 Å². The van der Waals surface area contributed by atoms with Crippen molar-refractivity contribution in [3.05, 3.63) is 76.7 Å². The number of carboxylic acid groups (broad SMARTS) is 1. The molecule has 0 aliphatic heterocycles. The van der Waals surface area contributed by atoms with Crippen LogP contribution in [0.3, 0.4) is 0 Å². The quantitative estimate of drug-likeness (QED) is 0.490. The minimum atomic E-state index is -1.31. The Hall–Kier alpha value is -4.27. The van der Waals surface area contributed by atoms with Crippen LogP contribution in [0.4, 0.5) is 0 Å². The Kier molecular flexibility index (Phi) is 6.77. The Morgan fingerprint density at radius 3 is 2.46 bits per heavy atom. The second kappa shape index (κ2) is 9.92. The maximum atomic E-state index is 13.3. The van der Waals surface area contributed by atoms with Gasteiger partial charge in [-0.05, 0) is 31.0 Å². The van der Waals surface area contributed by atoms with Crippen molar-refractivity contribution in [2.45, 2.75) is 32.7 Å². The van der Waals surface area contributed by atoms with E-state index in [2.05, 4.69) is 4.98 Å². The monoisotopic (exact) mass is 476 g/mol. The fraction of sp³-hybridized carbons (Fsp3) is 0.269. The molecular formula is C26H24N2O7. The SMILES string of the molecule is CCOC(=O)Cc1cccc2c1CC(n1cc(-c3ccccc3C(=O)OCC)nc1C(=O)O)C2=O.